The van der Waals surface area contributed by atoms with Crippen LogP contribution >= 0.6 is 0 Å². The van der Waals surface area contributed by atoms with Gasteiger partial charge in [0.15, 0.2) is 0 Å². The maximum absolute atomic E-state index is 10.7. The molecule has 1 aliphatic carbocycles. The van der Waals surface area contributed by atoms with Crippen LogP contribution in [0.5, 0.6) is 0 Å². The van der Waals surface area contributed by atoms with Gasteiger partial charge in [-0.1, -0.05) is 0 Å². The molecular formula is C13H17NO2. The topological polar surface area (TPSA) is 40.5 Å². The van der Waals surface area contributed by atoms with Crippen LogP contribution in [0.2, 0.25) is 0 Å². The van der Waals surface area contributed by atoms with Crippen molar-refractivity contribution >= 4 is 12.0 Å². The highest BCUT2D eigenvalue weighted by Crippen LogP contribution is 2.32. The maximum Gasteiger partial charge on any atom is 0.150 e. The van der Waals surface area contributed by atoms with Crippen LogP contribution in [0.3, 0.4) is 0 Å². The Labute approximate surface area is 95.7 Å². The number of aliphatic hydroxyl groups excluding tert-OH is 1. The van der Waals surface area contributed by atoms with E-state index in [0.717, 1.165) is 23.1 Å². The van der Waals surface area contributed by atoms with E-state index in [1.807, 2.05) is 25.1 Å². The molecule has 1 fully saturated rings. The summed E-state index contributed by atoms with van der Waals surface area (Å²) in [6, 6.07) is 6.42. The fourth-order valence-corrected chi connectivity index (χ4v) is 1.99. The first-order valence-corrected chi connectivity index (χ1v) is 5.69. The molecule has 3 nitrogen and oxygen atoms in total. The molecular weight excluding hydrogens is 202 g/mol. The molecule has 1 saturated carbocycles. The third kappa shape index (κ3) is 2.25. The Kier molecular flexibility index (Phi) is 3.25. The molecule has 0 amide bonds. The van der Waals surface area contributed by atoms with Crippen LogP contribution < -0.4 is 4.90 Å². The van der Waals surface area contributed by atoms with Crippen LogP contribution in [0.25, 0.3) is 0 Å². The molecule has 0 unspecified atom stereocenters. The van der Waals surface area contributed by atoms with E-state index in [1.165, 1.54) is 12.8 Å². The molecule has 0 spiro atoms. The highest BCUT2D eigenvalue weighted by atomic mass is 16.3. The van der Waals surface area contributed by atoms with Crippen LogP contribution in [0.15, 0.2) is 18.2 Å². The molecule has 0 saturated heterocycles. The van der Waals surface area contributed by atoms with Gasteiger partial charge < -0.3 is 10.0 Å². The van der Waals surface area contributed by atoms with Gasteiger partial charge in [-0.05, 0) is 43.5 Å². The minimum atomic E-state index is 0.172. The summed E-state index contributed by atoms with van der Waals surface area (Å²) in [4.78, 5) is 13.0. The third-order valence-corrected chi connectivity index (χ3v) is 3.04. The van der Waals surface area contributed by atoms with Gasteiger partial charge in [-0.25, -0.2) is 0 Å². The second-order valence-electron chi connectivity index (χ2n) is 4.31. The number of rotatable bonds is 5. The summed E-state index contributed by atoms with van der Waals surface area (Å²) in [6.07, 6.45) is 3.29. The lowest BCUT2D eigenvalue weighted by atomic mass is 10.1. The minimum absolute atomic E-state index is 0.172. The van der Waals surface area contributed by atoms with Crippen molar-refractivity contribution in [2.75, 3.05) is 18.1 Å². The molecule has 1 aromatic rings. The van der Waals surface area contributed by atoms with Gasteiger partial charge in [-0.3, -0.25) is 4.79 Å². The van der Waals surface area contributed by atoms with Gasteiger partial charge in [0.2, 0.25) is 0 Å². The Morgan fingerprint density at radius 2 is 2.25 bits per heavy atom. The summed E-state index contributed by atoms with van der Waals surface area (Å²) < 4.78 is 0. The lowest BCUT2D eigenvalue weighted by molar-refractivity contribution is 0.112. The number of hydrogen-bond acceptors (Lipinski definition) is 3. The number of anilines is 1. The average molecular weight is 219 g/mol. The first kappa shape index (κ1) is 11.1. The van der Waals surface area contributed by atoms with Crippen LogP contribution in [0.1, 0.15) is 28.8 Å². The highest BCUT2D eigenvalue weighted by molar-refractivity contribution is 5.78. The van der Waals surface area contributed by atoms with Crippen molar-refractivity contribution in [1.82, 2.24) is 0 Å². The minimum Gasteiger partial charge on any atom is -0.395 e. The van der Waals surface area contributed by atoms with Gasteiger partial charge in [0.25, 0.3) is 0 Å². The standard InChI is InChI=1S/C13H17NO2/c1-10-8-13(3-2-11(10)9-16)14(6-7-15)12-4-5-12/h2-3,8-9,12,15H,4-7H2,1H3. The Hall–Kier alpha value is -1.35. The third-order valence-electron chi connectivity index (χ3n) is 3.04. The summed E-state index contributed by atoms with van der Waals surface area (Å²) in [6.45, 7) is 2.78. The Bertz CT molecular complexity index is 386. The molecule has 0 atom stereocenters. The molecule has 2 rings (SSSR count). The first-order chi connectivity index (χ1) is 7.76. The van der Waals surface area contributed by atoms with Crippen LogP contribution in [-0.2, 0) is 0 Å². The molecule has 1 aliphatic rings. The zero-order chi connectivity index (χ0) is 11.5. The van der Waals surface area contributed by atoms with Gasteiger partial charge in [-0.2, -0.15) is 0 Å². The summed E-state index contributed by atoms with van der Waals surface area (Å²) in [5, 5.41) is 9.05. The van der Waals surface area contributed by atoms with Gasteiger partial charge in [-0.15, -0.1) is 0 Å². The molecule has 1 N–H and O–H groups in total. The smallest absolute Gasteiger partial charge is 0.150 e. The molecule has 0 heterocycles. The molecule has 3 heteroatoms. The van der Waals surface area contributed by atoms with E-state index in [4.69, 9.17) is 5.11 Å². The number of hydrogen-bond donors (Lipinski definition) is 1. The summed E-state index contributed by atoms with van der Waals surface area (Å²) >= 11 is 0. The van der Waals surface area contributed by atoms with Crippen LogP contribution in [-0.4, -0.2) is 30.6 Å². The fraction of sp³-hybridized carbons (Fsp3) is 0.462. The number of aryl methyl sites for hydroxylation is 1. The predicted octanol–water partition coefficient (Wildman–Crippen LogP) is 1.77. The van der Waals surface area contributed by atoms with Gasteiger partial charge in [0.05, 0.1) is 6.61 Å². The zero-order valence-corrected chi connectivity index (χ0v) is 9.52. The predicted molar refractivity (Wildman–Crippen MR) is 64.0 cm³/mol. The average Bonchev–Trinajstić information content (AvgIpc) is 3.09. The summed E-state index contributed by atoms with van der Waals surface area (Å²) in [7, 11) is 0. The molecule has 0 radical (unpaired) electrons. The maximum atomic E-state index is 10.7. The van der Waals surface area contributed by atoms with Crippen LogP contribution in [0.4, 0.5) is 5.69 Å². The zero-order valence-electron chi connectivity index (χ0n) is 9.52. The first-order valence-electron chi connectivity index (χ1n) is 5.69. The molecule has 86 valence electrons. The number of benzene rings is 1. The number of nitrogens with zero attached hydrogens (tertiary/aromatic N) is 1. The van der Waals surface area contributed by atoms with E-state index in [2.05, 4.69) is 4.90 Å². The summed E-state index contributed by atoms with van der Waals surface area (Å²) in [5.41, 5.74) is 2.85. The van der Waals surface area contributed by atoms with E-state index in [-0.39, 0.29) is 6.61 Å². The van der Waals surface area contributed by atoms with Crippen molar-refractivity contribution in [3.8, 4) is 0 Å². The van der Waals surface area contributed by atoms with Crippen molar-refractivity contribution < 1.29 is 9.90 Å². The molecule has 16 heavy (non-hydrogen) atoms. The molecule has 0 aromatic heterocycles. The van der Waals surface area contributed by atoms with Crippen molar-refractivity contribution in [1.29, 1.82) is 0 Å². The number of carbonyl (C=O) groups is 1. The lowest BCUT2D eigenvalue weighted by Gasteiger charge is -2.24. The quantitative estimate of drug-likeness (QED) is 0.767. The second kappa shape index (κ2) is 4.66. The number of aliphatic hydroxyl groups is 1. The Morgan fingerprint density at radius 1 is 1.50 bits per heavy atom. The van der Waals surface area contributed by atoms with E-state index >= 15 is 0 Å². The normalized spacial score (nSPS) is 14.9. The van der Waals surface area contributed by atoms with Crippen LogP contribution in [0, 0.1) is 6.92 Å². The van der Waals surface area contributed by atoms with Gasteiger partial charge in [0, 0.05) is 23.8 Å². The van der Waals surface area contributed by atoms with E-state index in [1.54, 1.807) is 0 Å². The molecule has 0 bridgehead atoms. The van der Waals surface area contributed by atoms with Crippen molar-refractivity contribution in [2.24, 2.45) is 0 Å². The highest BCUT2D eigenvalue weighted by Gasteiger charge is 2.28. The van der Waals surface area contributed by atoms with Gasteiger partial charge >= 0.3 is 0 Å². The Balaban J connectivity index is 2.23. The van der Waals surface area contributed by atoms with E-state index in [0.29, 0.717) is 12.6 Å². The summed E-state index contributed by atoms with van der Waals surface area (Å²) in [5.74, 6) is 0. The van der Waals surface area contributed by atoms with E-state index < -0.39 is 0 Å². The van der Waals surface area contributed by atoms with E-state index in [9.17, 15) is 4.79 Å². The van der Waals surface area contributed by atoms with Crippen molar-refractivity contribution in [3.63, 3.8) is 0 Å². The van der Waals surface area contributed by atoms with Gasteiger partial charge in [0.1, 0.15) is 6.29 Å². The molecule has 1 aromatic carbocycles. The Morgan fingerprint density at radius 3 is 2.75 bits per heavy atom. The SMILES string of the molecule is Cc1cc(N(CCO)C2CC2)ccc1C=O. The van der Waals surface area contributed by atoms with Crippen molar-refractivity contribution in [3.05, 3.63) is 29.3 Å². The monoisotopic (exact) mass is 219 g/mol. The lowest BCUT2D eigenvalue weighted by Crippen LogP contribution is -2.28. The largest absolute Gasteiger partial charge is 0.395 e. The number of carbonyl (C=O) groups excluding carboxylic acids is 1. The second-order valence-corrected chi connectivity index (χ2v) is 4.31. The molecule has 0 aliphatic heterocycles. The fourth-order valence-electron chi connectivity index (χ4n) is 1.99. The number of aldehydes is 1. The van der Waals surface area contributed by atoms with Crippen molar-refractivity contribution in [2.45, 2.75) is 25.8 Å².